The minimum absolute atomic E-state index is 0.334. The summed E-state index contributed by atoms with van der Waals surface area (Å²) in [5, 5.41) is 3.89. The van der Waals surface area contributed by atoms with Gasteiger partial charge in [0.1, 0.15) is 5.00 Å². The number of thiazole rings is 1. The third-order valence-electron chi connectivity index (χ3n) is 2.57. The number of hydrogen-bond donors (Lipinski definition) is 1. The van der Waals surface area contributed by atoms with Gasteiger partial charge in [0.15, 0.2) is 5.69 Å². The Bertz CT molecular complexity index is 569. The number of carbonyl (C=O) groups is 1. The summed E-state index contributed by atoms with van der Waals surface area (Å²) in [6, 6.07) is 3.90. The maximum Gasteiger partial charge on any atom is 0.360 e. The Morgan fingerprint density at radius 1 is 1.47 bits per heavy atom. The molecule has 100 valence electrons. The molecule has 6 heteroatoms. The van der Waals surface area contributed by atoms with Crippen LogP contribution in [-0.2, 0) is 11.3 Å². The van der Waals surface area contributed by atoms with E-state index >= 15 is 0 Å². The van der Waals surface area contributed by atoms with Gasteiger partial charge in [-0.05, 0) is 25.5 Å². The van der Waals surface area contributed by atoms with Crippen LogP contribution in [0.25, 0.3) is 0 Å². The zero-order valence-corrected chi connectivity index (χ0v) is 11.7. The van der Waals surface area contributed by atoms with Crippen molar-refractivity contribution in [2.75, 3.05) is 11.9 Å². The molecule has 2 heterocycles. The molecule has 5 nitrogen and oxygen atoms in total. The molecule has 0 aliphatic heterocycles. The Morgan fingerprint density at radius 3 is 3.05 bits per heavy atom. The van der Waals surface area contributed by atoms with Gasteiger partial charge < -0.3 is 10.1 Å². The number of hydrogen-bond acceptors (Lipinski definition) is 6. The van der Waals surface area contributed by atoms with Crippen LogP contribution in [0.4, 0.5) is 5.00 Å². The van der Waals surface area contributed by atoms with Crippen molar-refractivity contribution in [3.05, 3.63) is 40.8 Å². The molecule has 0 aliphatic rings. The average Bonchev–Trinajstić information content (AvgIpc) is 2.86. The van der Waals surface area contributed by atoms with Crippen molar-refractivity contribution in [1.29, 1.82) is 0 Å². The zero-order chi connectivity index (χ0) is 13.7. The highest BCUT2D eigenvalue weighted by Crippen LogP contribution is 2.22. The SMILES string of the molecule is CCOC(=O)c1ncsc1NCc1ncccc1C. The van der Waals surface area contributed by atoms with E-state index in [1.54, 1.807) is 18.6 Å². The van der Waals surface area contributed by atoms with Gasteiger partial charge in [-0.1, -0.05) is 6.07 Å². The summed E-state index contributed by atoms with van der Waals surface area (Å²) in [6.07, 6.45) is 1.75. The first-order chi connectivity index (χ1) is 9.22. The Balaban J connectivity index is 2.06. The highest BCUT2D eigenvalue weighted by Gasteiger charge is 2.15. The molecule has 0 spiro atoms. The van der Waals surface area contributed by atoms with E-state index in [4.69, 9.17) is 4.74 Å². The normalized spacial score (nSPS) is 10.2. The fourth-order valence-electron chi connectivity index (χ4n) is 1.58. The Labute approximate surface area is 115 Å². The average molecular weight is 277 g/mol. The predicted octanol–water partition coefficient (Wildman–Crippen LogP) is 2.64. The van der Waals surface area contributed by atoms with Crippen LogP contribution in [0, 0.1) is 6.92 Å². The first-order valence-corrected chi connectivity index (χ1v) is 6.85. The number of aryl methyl sites for hydroxylation is 1. The second-order valence-corrected chi connectivity index (χ2v) is 4.73. The molecule has 0 unspecified atom stereocenters. The van der Waals surface area contributed by atoms with Crippen molar-refractivity contribution in [3.8, 4) is 0 Å². The summed E-state index contributed by atoms with van der Waals surface area (Å²) >= 11 is 1.38. The number of anilines is 1. The Morgan fingerprint density at radius 2 is 2.32 bits per heavy atom. The van der Waals surface area contributed by atoms with Gasteiger partial charge in [0.25, 0.3) is 0 Å². The van der Waals surface area contributed by atoms with E-state index in [1.165, 1.54) is 11.3 Å². The lowest BCUT2D eigenvalue weighted by molar-refractivity contribution is 0.0521. The van der Waals surface area contributed by atoms with Crippen LogP contribution in [0.5, 0.6) is 0 Å². The lowest BCUT2D eigenvalue weighted by Crippen LogP contribution is -2.09. The first-order valence-electron chi connectivity index (χ1n) is 5.97. The molecule has 0 fully saturated rings. The summed E-state index contributed by atoms with van der Waals surface area (Å²) in [5.74, 6) is -0.399. The third-order valence-corrected chi connectivity index (χ3v) is 3.35. The minimum atomic E-state index is -0.399. The van der Waals surface area contributed by atoms with Crippen molar-refractivity contribution < 1.29 is 9.53 Å². The first kappa shape index (κ1) is 13.5. The standard InChI is InChI=1S/C13H15N3O2S/c1-3-18-13(17)11-12(19-8-16-11)15-7-10-9(2)5-4-6-14-10/h4-6,8,15H,3,7H2,1-2H3. The van der Waals surface area contributed by atoms with Crippen molar-refractivity contribution >= 4 is 22.3 Å². The summed E-state index contributed by atoms with van der Waals surface area (Å²) in [4.78, 5) is 20.0. The molecular weight excluding hydrogens is 262 g/mol. The largest absolute Gasteiger partial charge is 0.461 e. The molecule has 0 saturated heterocycles. The summed E-state index contributed by atoms with van der Waals surface area (Å²) in [5.41, 5.74) is 4.02. The van der Waals surface area contributed by atoms with Gasteiger partial charge in [-0.15, -0.1) is 11.3 Å². The second kappa shape index (κ2) is 6.29. The topological polar surface area (TPSA) is 64.1 Å². The van der Waals surface area contributed by atoms with Gasteiger partial charge in [-0.25, -0.2) is 9.78 Å². The van der Waals surface area contributed by atoms with Gasteiger partial charge in [0, 0.05) is 6.20 Å². The van der Waals surface area contributed by atoms with Crippen LogP contribution in [0.15, 0.2) is 23.8 Å². The molecule has 0 amide bonds. The monoisotopic (exact) mass is 277 g/mol. The number of aromatic nitrogens is 2. The lowest BCUT2D eigenvalue weighted by Gasteiger charge is -2.07. The van der Waals surface area contributed by atoms with Gasteiger partial charge >= 0.3 is 5.97 Å². The maximum atomic E-state index is 11.7. The molecule has 2 aromatic heterocycles. The summed E-state index contributed by atoms with van der Waals surface area (Å²) in [7, 11) is 0. The van der Waals surface area contributed by atoms with Crippen LogP contribution in [-0.4, -0.2) is 22.5 Å². The summed E-state index contributed by atoms with van der Waals surface area (Å²) in [6.45, 7) is 4.67. The maximum absolute atomic E-state index is 11.7. The molecule has 0 saturated carbocycles. The van der Waals surface area contributed by atoms with Gasteiger partial charge in [0.05, 0.1) is 24.4 Å². The highest BCUT2D eigenvalue weighted by atomic mass is 32.1. The molecule has 19 heavy (non-hydrogen) atoms. The molecule has 0 atom stereocenters. The van der Waals surface area contributed by atoms with E-state index in [0.717, 1.165) is 11.3 Å². The molecule has 2 aromatic rings. The molecule has 0 bridgehead atoms. The molecule has 0 radical (unpaired) electrons. The van der Waals surface area contributed by atoms with Crippen LogP contribution in [0.3, 0.4) is 0 Å². The molecule has 2 rings (SSSR count). The summed E-state index contributed by atoms with van der Waals surface area (Å²) < 4.78 is 4.95. The van der Waals surface area contributed by atoms with Crippen molar-refractivity contribution in [2.45, 2.75) is 20.4 Å². The van der Waals surface area contributed by atoms with E-state index in [1.807, 2.05) is 19.1 Å². The number of nitrogens with zero attached hydrogens (tertiary/aromatic N) is 2. The Kier molecular flexibility index (Phi) is 4.46. The predicted molar refractivity (Wildman–Crippen MR) is 74.4 cm³/mol. The number of esters is 1. The second-order valence-electron chi connectivity index (χ2n) is 3.87. The molecule has 1 N–H and O–H groups in total. The van der Waals surface area contributed by atoms with Gasteiger partial charge in [-0.2, -0.15) is 0 Å². The van der Waals surface area contributed by atoms with E-state index in [9.17, 15) is 4.79 Å². The van der Waals surface area contributed by atoms with Crippen LogP contribution in [0.1, 0.15) is 28.7 Å². The van der Waals surface area contributed by atoms with Crippen molar-refractivity contribution in [1.82, 2.24) is 9.97 Å². The molecule has 0 aliphatic carbocycles. The quantitative estimate of drug-likeness (QED) is 0.851. The number of pyridine rings is 1. The fourth-order valence-corrected chi connectivity index (χ4v) is 2.25. The molecule has 0 aromatic carbocycles. The number of rotatable bonds is 5. The van der Waals surface area contributed by atoms with Crippen LogP contribution < -0.4 is 5.32 Å². The smallest absolute Gasteiger partial charge is 0.360 e. The zero-order valence-electron chi connectivity index (χ0n) is 10.8. The van der Waals surface area contributed by atoms with Crippen LogP contribution in [0.2, 0.25) is 0 Å². The fraction of sp³-hybridized carbons (Fsp3) is 0.308. The van der Waals surface area contributed by atoms with Crippen LogP contribution >= 0.6 is 11.3 Å². The Hall–Kier alpha value is -1.95. The van der Waals surface area contributed by atoms with E-state index < -0.39 is 5.97 Å². The van der Waals surface area contributed by atoms with Gasteiger partial charge in [0.2, 0.25) is 0 Å². The van der Waals surface area contributed by atoms with Crippen molar-refractivity contribution in [3.63, 3.8) is 0 Å². The van der Waals surface area contributed by atoms with Gasteiger partial charge in [-0.3, -0.25) is 4.98 Å². The number of carbonyl (C=O) groups excluding carboxylic acids is 1. The van der Waals surface area contributed by atoms with E-state index in [0.29, 0.717) is 23.8 Å². The highest BCUT2D eigenvalue weighted by molar-refractivity contribution is 7.14. The van der Waals surface area contributed by atoms with E-state index in [2.05, 4.69) is 15.3 Å². The number of ether oxygens (including phenoxy) is 1. The third kappa shape index (κ3) is 3.29. The lowest BCUT2D eigenvalue weighted by atomic mass is 10.2. The number of nitrogens with one attached hydrogen (secondary N) is 1. The molecular formula is C13H15N3O2S. The minimum Gasteiger partial charge on any atom is -0.461 e. The van der Waals surface area contributed by atoms with Crippen molar-refractivity contribution in [2.24, 2.45) is 0 Å². The van der Waals surface area contributed by atoms with E-state index in [-0.39, 0.29) is 0 Å².